The van der Waals surface area contributed by atoms with E-state index >= 15 is 0 Å². The Hall–Kier alpha value is -2.60. The Morgan fingerprint density at radius 1 is 0.968 bits per heavy atom. The molecule has 0 bridgehead atoms. The largest absolute Gasteiger partial charge is 0.496 e. The number of carbonyl (C=O) groups is 1. The first-order valence-corrected chi connectivity index (χ1v) is 11.4. The zero-order valence-corrected chi connectivity index (χ0v) is 19.2. The number of piperazine rings is 1. The maximum absolute atomic E-state index is 13.0. The number of benzene rings is 1. The lowest BCUT2D eigenvalue weighted by atomic mass is 9.96. The van der Waals surface area contributed by atoms with Gasteiger partial charge in [0.1, 0.15) is 11.6 Å². The van der Waals surface area contributed by atoms with Crippen LogP contribution in [-0.2, 0) is 0 Å². The van der Waals surface area contributed by atoms with Gasteiger partial charge in [-0.05, 0) is 68.5 Å². The summed E-state index contributed by atoms with van der Waals surface area (Å²) in [5.74, 6) is 2.01. The zero-order valence-electron chi connectivity index (χ0n) is 19.2. The summed E-state index contributed by atoms with van der Waals surface area (Å²) in [4.78, 5) is 24.3. The van der Waals surface area contributed by atoms with E-state index in [2.05, 4.69) is 47.7 Å². The number of anilines is 1. The number of nitrogens with zero attached hydrogens (tertiary/aromatic N) is 4. The summed E-state index contributed by atoms with van der Waals surface area (Å²) in [6.07, 6.45) is 4.19. The fourth-order valence-electron chi connectivity index (χ4n) is 4.83. The standard InChI is InChI=1S/C25H34N4O2/c1-18-19(2)23(31-4)9-8-22(18)20(3)27-13-15-29(16-14-27)25(30)21-7-10-24(26-17-21)28-11-5-6-12-28/h7-10,17,20H,5-6,11-16H2,1-4H3. The van der Waals surface area contributed by atoms with E-state index in [1.54, 1.807) is 13.3 Å². The molecule has 2 saturated heterocycles. The van der Waals surface area contributed by atoms with Crippen molar-refractivity contribution in [2.75, 3.05) is 51.3 Å². The molecule has 2 aliphatic rings. The Bertz CT molecular complexity index is 914. The van der Waals surface area contributed by atoms with Gasteiger partial charge < -0.3 is 14.5 Å². The van der Waals surface area contributed by atoms with Crippen LogP contribution in [0.2, 0.25) is 0 Å². The number of hydrogen-bond donors (Lipinski definition) is 0. The van der Waals surface area contributed by atoms with Gasteiger partial charge in [0.15, 0.2) is 0 Å². The number of ether oxygens (including phenoxy) is 1. The first-order valence-electron chi connectivity index (χ1n) is 11.4. The van der Waals surface area contributed by atoms with Crippen molar-refractivity contribution in [2.45, 2.75) is 39.7 Å². The maximum Gasteiger partial charge on any atom is 0.255 e. The molecular weight excluding hydrogens is 388 g/mol. The van der Waals surface area contributed by atoms with Crippen LogP contribution < -0.4 is 9.64 Å². The van der Waals surface area contributed by atoms with Crippen LogP contribution in [0.1, 0.15) is 52.9 Å². The van der Waals surface area contributed by atoms with Crippen molar-refractivity contribution in [1.29, 1.82) is 0 Å². The summed E-state index contributed by atoms with van der Waals surface area (Å²) in [7, 11) is 1.72. The zero-order chi connectivity index (χ0) is 22.0. The first kappa shape index (κ1) is 21.6. The Morgan fingerprint density at radius 2 is 1.68 bits per heavy atom. The molecule has 0 spiro atoms. The van der Waals surface area contributed by atoms with Crippen LogP contribution in [-0.4, -0.2) is 67.1 Å². The predicted molar refractivity (Wildman–Crippen MR) is 124 cm³/mol. The predicted octanol–water partition coefficient (Wildman–Crippen LogP) is 3.83. The number of aromatic nitrogens is 1. The molecule has 1 amide bonds. The number of pyridine rings is 1. The van der Waals surface area contributed by atoms with E-state index < -0.39 is 0 Å². The van der Waals surface area contributed by atoms with Crippen LogP contribution in [0.3, 0.4) is 0 Å². The molecule has 2 fully saturated rings. The molecule has 3 heterocycles. The second kappa shape index (κ2) is 9.27. The van der Waals surface area contributed by atoms with Crippen molar-refractivity contribution < 1.29 is 9.53 Å². The second-order valence-corrected chi connectivity index (χ2v) is 8.71. The molecule has 0 aliphatic carbocycles. The van der Waals surface area contributed by atoms with E-state index in [1.165, 1.54) is 29.5 Å². The molecule has 1 aromatic carbocycles. The third-order valence-corrected chi connectivity index (χ3v) is 7.02. The van der Waals surface area contributed by atoms with Gasteiger partial charge in [0, 0.05) is 51.5 Å². The first-order chi connectivity index (χ1) is 15.0. The number of methoxy groups -OCH3 is 1. The number of amides is 1. The van der Waals surface area contributed by atoms with Crippen molar-refractivity contribution in [3.8, 4) is 5.75 Å². The number of hydrogen-bond acceptors (Lipinski definition) is 5. The van der Waals surface area contributed by atoms with Gasteiger partial charge in [-0.15, -0.1) is 0 Å². The minimum absolute atomic E-state index is 0.0873. The maximum atomic E-state index is 13.0. The van der Waals surface area contributed by atoms with Gasteiger partial charge in [-0.1, -0.05) is 6.07 Å². The number of rotatable bonds is 5. The minimum atomic E-state index is 0.0873. The Kier molecular flexibility index (Phi) is 6.46. The van der Waals surface area contributed by atoms with Gasteiger partial charge in [-0.3, -0.25) is 9.69 Å². The summed E-state index contributed by atoms with van der Waals surface area (Å²) < 4.78 is 5.46. The molecule has 0 N–H and O–H groups in total. The van der Waals surface area contributed by atoms with E-state index in [1.807, 2.05) is 17.0 Å². The van der Waals surface area contributed by atoms with Crippen LogP contribution >= 0.6 is 0 Å². The fraction of sp³-hybridized carbons (Fsp3) is 0.520. The quantitative estimate of drug-likeness (QED) is 0.733. The van der Waals surface area contributed by atoms with Gasteiger partial charge in [0.25, 0.3) is 5.91 Å². The Labute approximate surface area is 185 Å². The average molecular weight is 423 g/mol. The van der Waals surface area contributed by atoms with Crippen molar-refractivity contribution in [3.05, 3.63) is 52.7 Å². The molecule has 6 heteroatoms. The van der Waals surface area contributed by atoms with Gasteiger partial charge in [0.2, 0.25) is 0 Å². The van der Waals surface area contributed by atoms with Gasteiger partial charge in [0.05, 0.1) is 12.7 Å². The number of carbonyl (C=O) groups excluding carboxylic acids is 1. The highest BCUT2D eigenvalue weighted by molar-refractivity contribution is 5.94. The van der Waals surface area contributed by atoms with Crippen LogP contribution in [0.15, 0.2) is 30.5 Å². The minimum Gasteiger partial charge on any atom is -0.496 e. The molecule has 0 radical (unpaired) electrons. The van der Waals surface area contributed by atoms with E-state index in [-0.39, 0.29) is 5.91 Å². The molecule has 166 valence electrons. The molecule has 31 heavy (non-hydrogen) atoms. The smallest absolute Gasteiger partial charge is 0.255 e. The van der Waals surface area contributed by atoms with Gasteiger partial charge in [-0.2, -0.15) is 0 Å². The van der Waals surface area contributed by atoms with Crippen molar-refractivity contribution >= 4 is 11.7 Å². The van der Waals surface area contributed by atoms with Gasteiger partial charge in [-0.25, -0.2) is 4.98 Å². The lowest BCUT2D eigenvalue weighted by Crippen LogP contribution is -2.49. The molecule has 6 nitrogen and oxygen atoms in total. The molecule has 1 atom stereocenters. The third-order valence-electron chi connectivity index (χ3n) is 7.02. The molecule has 2 aromatic rings. The molecule has 1 unspecified atom stereocenters. The monoisotopic (exact) mass is 422 g/mol. The van der Waals surface area contributed by atoms with E-state index in [0.29, 0.717) is 11.6 Å². The summed E-state index contributed by atoms with van der Waals surface area (Å²) >= 11 is 0. The van der Waals surface area contributed by atoms with Gasteiger partial charge >= 0.3 is 0 Å². The van der Waals surface area contributed by atoms with E-state index in [9.17, 15) is 4.79 Å². The fourth-order valence-corrected chi connectivity index (χ4v) is 4.83. The average Bonchev–Trinajstić information content (AvgIpc) is 3.35. The van der Waals surface area contributed by atoms with E-state index in [4.69, 9.17) is 4.74 Å². The molecule has 0 saturated carbocycles. The van der Waals surface area contributed by atoms with E-state index in [0.717, 1.165) is 50.8 Å². The van der Waals surface area contributed by atoms with Crippen molar-refractivity contribution in [2.24, 2.45) is 0 Å². The molecule has 2 aliphatic heterocycles. The molecule has 1 aromatic heterocycles. The second-order valence-electron chi connectivity index (χ2n) is 8.71. The highest BCUT2D eigenvalue weighted by atomic mass is 16.5. The van der Waals surface area contributed by atoms with Crippen LogP contribution in [0.25, 0.3) is 0 Å². The Balaban J connectivity index is 1.37. The summed E-state index contributed by atoms with van der Waals surface area (Å²) in [5, 5.41) is 0. The summed E-state index contributed by atoms with van der Waals surface area (Å²) in [5.41, 5.74) is 4.51. The van der Waals surface area contributed by atoms with Crippen molar-refractivity contribution in [1.82, 2.24) is 14.8 Å². The summed E-state index contributed by atoms with van der Waals surface area (Å²) in [6, 6.07) is 8.47. The van der Waals surface area contributed by atoms with Crippen LogP contribution in [0, 0.1) is 13.8 Å². The van der Waals surface area contributed by atoms with Crippen LogP contribution in [0.4, 0.5) is 5.82 Å². The Morgan fingerprint density at radius 3 is 2.29 bits per heavy atom. The van der Waals surface area contributed by atoms with Crippen molar-refractivity contribution in [3.63, 3.8) is 0 Å². The lowest BCUT2D eigenvalue weighted by Gasteiger charge is -2.38. The third kappa shape index (κ3) is 4.40. The topological polar surface area (TPSA) is 48.9 Å². The summed E-state index contributed by atoms with van der Waals surface area (Å²) in [6.45, 7) is 11.9. The SMILES string of the molecule is COc1ccc(C(C)N2CCN(C(=O)c3ccc(N4CCCC4)nc3)CC2)c(C)c1C. The molecule has 4 rings (SSSR count). The lowest BCUT2D eigenvalue weighted by molar-refractivity contribution is 0.0581. The van der Waals surface area contributed by atoms with Crippen LogP contribution in [0.5, 0.6) is 5.75 Å². The molecular formula is C25H34N4O2. The highest BCUT2D eigenvalue weighted by Gasteiger charge is 2.27. The highest BCUT2D eigenvalue weighted by Crippen LogP contribution is 2.31. The normalized spacial score (nSPS) is 18.3.